The third kappa shape index (κ3) is 7.02. The average molecular weight is 373 g/mol. The number of nitrogens with one attached hydrogen (secondary N) is 1. The molecule has 8 heteroatoms. The molecule has 0 bridgehead atoms. The molecule has 0 aliphatic rings. The number of aromatic nitrogens is 1. The van der Waals surface area contributed by atoms with Gasteiger partial charge in [0.15, 0.2) is 0 Å². The van der Waals surface area contributed by atoms with Gasteiger partial charge in [-0.1, -0.05) is 18.2 Å². The number of rotatable bonds is 7. The van der Waals surface area contributed by atoms with Crippen LogP contribution in [0.15, 0.2) is 48.7 Å². The lowest BCUT2D eigenvalue weighted by Crippen LogP contribution is -2.35. The van der Waals surface area contributed by atoms with Gasteiger partial charge in [0.2, 0.25) is 0 Å². The number of hydrogen-bond acceptors (Lipinski definition) is 6. The summed E-state index contributed by atoms with van der Waals surface area (Å²) < 4.78 is 11.1. The van der Waals surface area contributed by atoms with Gasteiger partial charge in [-0.3, -0.25) is 15.1 Å². The van der Waals surface area contributed by atoms with Gasteiger partial charge in [-0.2, -0.15) is 0 Å². The molecule has 0 saturated carbocycles. The molecule has 1 atom stereocenters. The first-order valence-corrected chi connectivity index (χ1v) is 8.47. The number of carbonyl (C=O) groups is 1. The predicted octanol–water partition coefficient (Wildman–Crippen LogP) is 3.77. The van der Waals surface area contributed by atoms with Gasteiger partial charge in [-0.15, -0.1) is 0 Å². The molecule has 0 aliphatic heterocycles. The van der Waals surface area contributed by atoms with Crippen LogP contribution in [0.1, 0.15) is 38.1 Å². The van der Waals surface area contributed by atoms with Crippen molar-refractivity contribution in [3.8, 4) is 0 Å². The van der Waals surface area contributed by atoms with Gasteiger partial charge in [0.05, 0.1) is 23.8 Å². The van der Waals surface area contributed by atoms with Crippen molar-refractivity contribution < 1.29 is 19.2 Å². The van der Waals surface area contributed by atoms with Crippen LogP contribution in [-0.4, -0.2) is 28.1 Å². The Hall–Kier alpha value is -3.00. The van der Waals surface area contributed by atoms with Crippen LogP contribution in [0.3, 0.4) is 0 Å². The monoisotopic (exact) mass is 373 g/mol. The van der Waals surface area contributed by atoms with E-state index in [4.69, 9.17) is 9.47 Å². The van der Waals surface area contributed by atoms with E-state index in [-0.39, 0.29) is 18.8 Å². The van der Waals surface area contributed by atoms with Crippen molar-refractivity contribution in [2.45, 2.75) is 39.1 Å². The Morgan fingerprint density at radius 1 is 1.26 bits per heavy atom. The first-order chi connectivity index (χ1) is 12.7. The molecule has 8 nitrogen and oxygen atoms in total. The number of nitro groups is 1. The van der Waals surface area contributed by atoms with Crippen LogP contribution in [0.2, 0.25) is 0 Å². The van der Waals surface area contributed by atoms with E-state index in [0.717, 1.165) is 0 Å². The maximum atomic E-state index is 11.9. The second-order valence-electron chi connectivity index (χ2n) is 6.86. The zero-order valence-electron chi connectivity index (χ0n) is 15.5. The van der Waals surface area contributed by atoms with Gasteiger partial charge in [0.1, 0.15) is 11.7 Å². The van der Waals surface area contributed by atoms with E-state index in [0.29, 0.717) is 11.3 Å². The van der Waals surface area contributed by atoms with Crippen LogP contribution in [0, 0.1) is 10.1 Å². The van der Waals surface area contributed by atoms with Crippen LogP contribution in [0.25, 0.3) is 0 Å². The van der Waals surface area contributed by atoms with Crippen molar-refractivity contribution >= 4 is 11.8 Å². The highest BCUT2D eigenvalue weighted by molar-refractivity contribution is 5.67. The maximum Gasteiger partial charge on any atom is 0.407 e. The van der Waals surface area contributed by atoms with Crippen LogP contribution in [-0.2, 0) is 16.1 Å². The lowest BCUT2D eigenvalue weighted by Gasteiger charge is -2.22. The highest BCUT2D eigenvalue weighted by Crippen LogP contribution is 2.19. The summed E-state index contributed by atoms with van der Waals surface area (Å²) in [7, 11) is 0. The Bertz CT molecular complexity index is 774. The van der Waals surface area contributed by atoms with Gasteiger partial charge in [0.25, 0.3) is 5.69 Å². The molecule has 0 fully saturated rings. The number of hydrogen-bond donors (Lipinski definition) is 1. The SMILES string of the molecule is CC(C)(C)OC(=O)NCC(OCc1cccc([N+](=O)[O-])c1)c1ccccn1. The van der Waals surface area contributed by atoms with Gasteiger partial charge in [-0.05, 0) is 38.5 Å². The van der Waals surface area contributed by atoms with E-state index in [9.17, 15) is 14.9 Å². The minimum atomic E-state index is -0.603. The summed E-state index contributed by atoms with van der Waals surface area (Å²) in [5.74, 6) is 0. The second-order valence-corrected chi connectivity index (χ2v) is 6.86. The fourth-order valence-corrected chi connectivity index (χ4v) is 2.26. The van der Waals surface area contributed by atoms with Crippen molar-refractivity contribution in [2.24, 2.45) is 0 Å². The van der Waals surface area contributed by atoms with Crippen LogP contribution >= 0.6 is 0 Å². The molecular formula is C19H23N3O5. The van der Waals surface area contributed by atoms with E-state index in [1.165, 1.54) is 12.1 Å². The Morgan fingerprint density at radius 3 is 2.67 bits per heavy atom. The number of nitro benzene ring substituents is 1. The molecule has 144 valence electrons. The first-order valence-electron chi connectivity index (χ1n) is 8.47. The molecule has 0 saturated heterocycles. The smallest absolute Gasteiger partial charge is 0.407 e. The van der Waals surface area contributed by atoms with Crippen molar-refractivity contribution in [1.82, 2.24) is 10.3 Å². The summed E-state index contributed by atoms with van der Waals surface area (Å²) in [5.41, 5.74) is 0.688. The molecule has 1 aromatic heterocycles. The Kier molecular flexibility index (Phi) is 6.84. The summed E-state index contributed by atoms with van der Waals surface area (Å²) in [6, 6.07) is 11.6. The molecule has 2 aromatic rings. The third-order valence-electron chi connectivity index (χ3n) is 3.42. The van der Waals surface area contributed by atoms with E-state index in [1.54, 1.807) is 51.2 Å². The van der Waals surface area contributed by atoms with E-state index in [2.05, 4.69) is 10.3 Å². The lowest BCUT2D eigenvalue weighted by atomic mass is 10.2. The van der Waals surface area contributed by atoms with E-state index < -0.39 is 22.7 Å². The third-order valence-corrected chi connectivity index (χ3v) is 3.42. The number of ether oxygens (including phenoxy) is 2. The molecule has 1 amide bonds. The van der Waals surface area contributed by atoms with Gasteiger partial charge < -0.3 is 14.8 Å². The zero-order valence-corrected chi connectivity index (χ0v) is 15.5. The number of nitrogens with zero attached hydrogens (tertiary/aromatic N) is 2. The molecule has 0 spiro atoms. The topological polar surface area (TPSA) is 104 Å². The number of non-ortho nitro benzene ring substituents is 1. The molecule has 1 N–H and O–H groups in total. The van der Waals surface area contributed by atoms with Crippen molar-refractivity contribution in [2.75, 3.05) is 6.54 Å². The normalized spacial score (nSPS) is 12.3. The average Bonchev–Trinajstić information content (AvgIpc) is 2.61. The maximum absolute atomic E-state index is 11.9. The molecule has 2 rings (SSSR count). The summed E-state index contributed by atoms with van der Waals surface area (Å²) in [6.45, 7) is 5.63. The van der Waals surface area contributed by atoms with Gasteiger partial charge in [-0.25, -0.2) is 4.79 Å². The molecule has 1 unspecified atom stereocenters. The van der Waals surface area contributed by atoms with Gasteiger partial charge in [0, 0.05) is 18.3 Å². The second kappa shape index (κ2) is 9.09. The number of carbonyl (C=O) groups excluding carboxylic acids is 1. The highest BCUT2D eigenvalue weighted by atomic mass is 16.6. The number of alkyl carbamates (subject to hydrolysis) is 1. The van der Waals surface area contributed by atoms with E-state index in [1.807, 2.05) is 6.07 Å². The van der Waals surface area contributed by atoms with Crippen molar-refractivity contribution in [3.05, 3.63) is 70.0 Å². The zero-order chi connectivity index (χ0) is 19.9. The quantitative estimate of drug-likeness (QED) is 0.585. The van der Waals surface area contributed by atoms with Crippen LogP contribution in [0.4, 0.5) is 10.5 Å². The molecular weight excluding hydrogens is 350 g/mol. The first kappa shape index (κ1) is 20.3. The predicted molar refractivity (Wildman–Crippen MR) is 99.1 cm³/mol. The molecule has 0 aliphatic carbocycles. The number of benzene rings is 1. The molecule has 1 aromatic carbocycles. The largest absolute Gasteiger partial charge is 0.444 e. The Balaban J connectivity index is 2.04. The van der Waals surface area contributed by atoms with Crippen LogP contribution < -0.4 is 5.32 Å². The number of pyridine rings is 1. The molecule has 1 heterocycles. The van der Waals surface area contributed by atoms with Crippen LogP contribution in [0.5, 0.6) is 0 Å². The number of amides is 1. The summed E-state index contributed by atoms with van der Waals surface area (Å²) >= 11 is 0. The minimum Gasteiger partial charge on any atom is -0.444 e. The Morgan fingerprint density at radius 2 is 2.04 bits per heavy atom. The fraction of sp³-hybridized carbons (Fsp3) is 0.368. The molecule has 27 heavy (non-hydrogen) atoms. The summed E-state index contributed by atoms with van der Waals surface area (Å²) in [6.07, 6.45) is 0.548. The minimum absolute atomic E-state index is 0.00244. The highest BCUT2D eigenvalue weighted by Gasteiger charge is 2.19. The standard InChI is InChI=1S/C19H23N3O5/c1-19(2,3)27-18(23)21-12-17(16-9-4-5-10-20-16)26-13-14-7-6-8-15(11-14)22(24)25/h4-11,17H,12-13H2,1-3H3,(H,21,23). The fourth-order valence-electron chi connectivity index (χ4n) is 2.26. The summed E-state index contributed by atoms with van der Waals surface area (Å²) in [4.78, 5) is 26.6. The van der Waals surface area contributed by atoms with Crippen molar-refractivity contribution in [1.29, 1.82) is 0 Å². The Labute approximate surface area is 157 Å². The molecule has 0 radical (unpaired) electrons. The van der Waals surface area contributed by atoms with E-state index >= 15 is 0 Å². The van der Waals surface area contributed by atoms with Crippen molar-refractivity contribution in [3.63, 3.8) is 0 Å². The lowest BCUT2D eigenvalue weighted by molar-refractivity contribution is -0.385. The van der Waals surface area contributed by atoms with Gasteiger partial charge >= 0.3 is 6.09 Å². The summed E-state index contributed by atoms with van der Waals surface area (Å²) in [5, 5.41) is 13.6.